The number of benzene rings is 2. The Bertz CT molecular complexity index is 1820. The number of unbranched alkanes of at least 4 members (excludes halogenated alkanes) is 1. The van der Waals surface area contributed by atoms with Crippen LogP contribution in [-0.2, 0) is 46.5 Å². The van der Waals surface area contributed by atoms with E-state index in [9.17, 15) is 48.9 Å². The molecular weight excluding hydrogens is 875 g/mol. The smallest absolute Gasteiger partial charge is 0.246 e. The van der Waals surface area contributed by atoms with E-state index < -0.39 is 92.4 Å². The molecule has 0 saturated carbocycles. The molecule has 19 heteroatoms. The number of ketones is 2. The van der Waals surface area contributed by atoms with Gasteiger partial charge in [0.2, 0.25) is 29.5 Å². The standard InChI is InChI=1S/C43H57N5O10.4H2S/c1-2-3-15-39(54)48-19-9-14-37(48)43(58)47(23-29-10-5-4-6-11-29)25-40(55)46(20-18-31-17-16-30-12-7-8-13-35(30)31)24-34(52)21-33(27-50)42(57)45-36(28-51)38(53)22-32(26-49)41(44)56;;;;/h4-8,10-13,17,32-33,36-37,49-51H,2-3,9,14-16,18-28H2,1H3,(H2,44,56)(H,45,57);4*1H2/t32-,33-,36-,37?;;;;/m0..../s1. The Morgan fingerprint density at radius 2 is 1.50 bits per heavy atom. The molecule has 0 spiro atoms. The van der Waals surface area contributed by atoms with E-state index in [-0.39, 0.29) is 85.4 Å². The lowest BCUT2D eigenvalue weighted by Crippen LogP contribution is -2.51. The number of rotatable bonds is 24. The van der Waals surface area contributed by atoms with Crippen molar-refractivity contribution >= 4 is 101 Å². The summed E-state index contributed by atoms with van der Waals surface area (Å²) >= 11 is 0. The summed E-state index contributed by atoms with van der Waals surface area (Å²) in [6, 6.07) is 14.9. The Morgan fingerprint density at radius 1 is 0.839 bits per heavy atom. The Labute approximate surface area is 392 Å². The molecule has 4 rings (SSSR count). The lowest BCUT2D eigenvalue weighted by molar-refractivity contribution is -0.148. The molecule has 1 aliphatic carbocycles. The summed E-state index contributed by atoms with van der Waals surface area (Å²) in [6.07, 6.45) is 5.11. The molecule has 1 unspecified atom stereocenters. The second-order valence-corrected chi connectivity index (χ2v) is 15.0. The number of hydrogen-bond acceptors (Lipinski definition) is 10. The van der Waals surface area contributed by atoms with Gasteiger partial charge in [0, 0.05) is 38.9 Å². The topological polar surface area (TPSA) is 228 Å². The summed E-state index contributed by atoms with van der Waals surface area (Å²) in [7, 11) is 0. The number of allylic oxidation sites excluding steroid dienone is 1. The Balaban J connectivity index is 0.00000930. The highest BCUT2D eigenvalue weighted by molar-refractivity contribution is 7.59. The van der Waals surface area contributed by atoms with Crippen LogP contribution >= 0.6 is 54.0 Å². The average molecular weight is 940 g/mol. The van der Waals surface area contributed by atoms with Crippen molar-refractivity contribution in [1.82, 2.24) is 20.0 Å². The van der Waals surface area contributed by atoms with Crippen LogP contribution < -0.4 is 11.1 Å². The van der Waals surface area contributed by atoms with Crippen LogP contribution in [0.1, 0.15) is 75.0 Å². The van der Waals surface area contributed by atoms with Gasteiger partial charge in [-0.1, -0.05) is 74.0 Å². The Kier molecular flexibility index (Phi) is 27.7. The van der Waals surface area contributed by atoms with Crippen LogP contribution in [0.15, 0.2) is 60.7 Å². The predicted molar refractivity (Wildman–Crippen MR) is 256 cm³/mol. The number of hydrogen-bond donors (Lipinski definition) is 5. The minimum Gasteiger partial charge on any atom is -0.396 e. The number of amides is 5. The zero-order valence-electron chi connectivity index (χ0n) is 35.2. The van der Waals surface area contributed by atoms with Crippen molar-refractivity contribution in [1.29, 1.82) is 0 Å². The lowest BCUT2D eigenvalue weighted by atomic mass is 9.97. The number of carbonyl (C=O) groups is 7. The van der Waals surface area contributed by atoms with E-state index in [2.05, 4.69) is 11.4 Å². The van der Waals surface area contributed by atoms with Crippen molar-refractivity contribution in [3.8, 4) is 0 Å². The van der Waals surface area contributed by atoms with Crippen molar-refractivity contribution in [2.24, 2.45) is 17.6 Å². The summed E-state index contributed by atoms with van der Waals surface area (Å²) in [4.78, 5) is 97.2. The maximum Gasteiger partial charge on any atom is 0.246 e. The van der Waals surface area contributed by atoms with Gasteiger partial charge < -0.3 is 41.1 Å². The third kappa shape index (κ3) is 16.7. The molecular formula is C43H65N5O10S4. The monoisotopic (exact) mass is 939 g/mol. The van der Waals surface area contributed by atoms with Crippen molar-refractivity contribution in [3.05, 3.63) is 77.4 Å². The summed E-state index contributed by atoms with van der Waals surface area (Å²) in [5, 5.41) is 31.6. The quantitative estimate of drug-likeness (QED) is 0.102. The van der Waals surface area contributed by atoms with E-state index in [0.29, 0.717) is 38.6 Å². The third-order valence-corrected chi connectivity index (χ3v) is 10.8. The molecule has 0 aromatic heterocycles. The van der Waals surface area contributed by atoms with E-state index in [0.717, 1.165) is 35.1 Å². The van der Waals surface area contributed by atoms with Crippen molar-refractivity contribution in [2.45, 2.75) is 83.3 Å². The van der Waals surface area contributed by atoms with Crippen LogP contribution in [0.3, 0.4) is 0 Å². The highest BCUT2D eigenvalue weighted by Crippen LogP contribution is 2.30. The van der Waals surface area contributed by atoms with Gasteiger partial charge in [-0.05, 0) is 54.4 Å². The fourth-order valence-corrected chi connectivity index (χ4v) is 7.37. The maximum atomic E-state index is 14.4. The van der Waals surface area contributed by atoms with Crippen LogP contribution in [-0.4, -0.2) is 129 Å². The molecule has 2 aromatic carbocycles. The van der Waals surface area contributed by atoms with E-state index in [1.165, 1.54) is 9.80 Å². The number of primary amides is 1. The highest BCUT2D eigenvalue weighted by atomic mass is 32.1. The molecule has 1 aliphatic heterocycles. The van der Waals surface area contributed by atoms with Gasteiger partial charge in [-0.3, -0.25) is 33.6 Å². The molecule has 1 heterocycles. The molecule has 6 N–H and O–H groups in total. The number of likely N-dealkylation sites (tertiary alicyclic amines) is 1. The SMILES string of the molecule is CCCCC(=O)N1CCCC1C(=O)N(CC(=O)N(CCC1=CCc2ccccc21)CC(=O)C[C@@H](CO)C(=O)N[C@@H](CO)C(=O)C[C@@H](CO)C(N)=O)Cc1ccccc1.S.S.S.S. The Morgan fingerprint density at radius 3 is 2.13 bits per heavy atom. The minimum atomic E-state index is -1.49. The van der Waals surface area contributed by atoms with Crippen molar-refractivity contribution < 1.29 is 48.9 Å². The zero-order valence-corrected chi connectivity index (χ0v) is 39.2. The van der Waals surface area contributed by atoms with Gasteiger partial charge in [0.05, 0.1) is 38.2 Å². The number of fused-ring (bicyclic) bond motifs is 1. The summed E-state index contributed by atoms with van der Waals surface area (Å²) < 4.78 is 0. The van der Waals surface area contributed by atoms with E-state index in [4.69, 9.17) is 5.73 Å². The number of carbonyl (C=O) groups excluding carboxylic acids is 7. The highest BCUT2D eigenvalue weighted by Gasteiger charge is 2.38. The largest absolute Gasteiger partial charge is 0.396 e. The fourth-order valence-electron chi connectivity index (χ4n) is 7.37. The second-order valence-electron chi connectivity index (χ2n) is 15.0. The average Bonchev–Trinajstić information content (AvgIpc) is 3.89. The van der Waals surface area contributed by atoms with Crippen LogP contribution in [0.25, 0.3) is 5.57 Å². The summed E-state index contributed by atoms with van der Waals surface area (Å²) in [6.45, 7) is -0.549. The molecule has 2 aliphatic rings. The first kappa shape index (κ1) is 58.1. The van der Waals surface area contributed by atoms with Gasteiger partial charge in [-0.15, -0.1) is 0 Å². The number of aliphatic hydroxyl groups excluding tert-OH is 3. The number of nitrogens with two attached hydrogens (primary N) is 1. The van der Waals surface area contributed by atoms with E-state index >= 15 is 0 Å². The number of nitrogens with one attached hydrogen (secondary N) is 1. The first-order chi connectivity index (χ1) is 27.9. The molecule has 0 radical (unpaired) electrons. The molecule has 346 valence electrons. The van der Waals surface area contributed by atoms with Gasteiger partial charge in [0.15, 0.2) is 11.6 Å². The van der Waals surface area contributed by atoms with Gasteiger partial charge in [-0.25, -0.2) is 0 Å². The van der Waals surface area contributed by atoms with Gasteiger partial charge >= 0.3 is 0 Å². The van der Waals surface area contributed by atoms with Gasteiger partial charge in [0.25, 0.3) is 0 Å². The molecule has 4 atom stereocenters. The number of nitrogens with zero attached hydrogens (tertiary/aromatic N) is 3. The van der Waals surface area contributed by atoms with E-state index in [1.54, 1.807) is 4.90 Å². The van der Waals surface area contributed by atoms with Crippen LogP contribution in [0.2, 0.25) is 0 Å². The molecule has 2 aromatic rings. The van der Waals surface area contributed by atoms with Crippen LogP contribution in [0, 0.1) is 11.8 Å². The third-order valence-electron chi connectivity index (χ3n) is 10.8. The maximum absolute atomic E-state index is 14.4. The van der Waals surface area contributed by atoms with Crippen LogP contribution in [0.5, 0.6) is 0 Å². The van der Waals surface area contributed by atoms with Gasteiger partial charge in [0.1, 0.15) is 18.6 Å². The molecule has 15 nitrogen and oxygen atoms in total. The summed E-state index contributed by atoms with van der Waals surface area (Å²) in [5.74, 6) is -6.76. The fraction of sp³-hybridized carbons (Fsp3) is 0.512. The molecule has 1 fully saturated rings. The Hall–Kier alpha value is -3.85. The first-order valence-corrected chi connectivity index (χ1v) is 20.0. The summed E-state index contributed by atoms with van der Waals surface area (Å²) in [5.41, 5.74) is 9.16. The predicted octanol–water partition coefficient (Wildman–Crippen LogP) is 1.60. The molecule has 62 heavy (non-hydrogen) atoms. The number of Topliss-reactive ketones (excluding diaryl/α,β-unsaturated/α-hetero) is 2. The molecule has 5 amide bonds. The first-order valence-electron chi connectivity index (χ1n) is 20.0. The van der Waals surface area contributed by atoms with E-state index in [1.807, 2.05) is 61.5 Å². The van der Waals surface area contributed by atoms with Crippen molar-refractivity contribution in [3.63, 3.8) is 0 Å². The normalized spacial score (nSPS) is 15.1. The molecule has 0 bridgehead atoms. The zero-order chi connectivity index (χ0) is 42.2. The number of aliphatic hydroxyl groups is 3. The lowest BCUT2D eigenvalue weighted by Gasteiger charge is -2.32. The molecule has 1 saturated heterocycles. The van der Waals surface area contributed by atoms with Crippen molar-refractivity contribution in [2.75, 3.05) is 46.0 Å². The van der Waals surface area contributed by atoms with Gasteiger partial charge in [-0.2, -0.15) is 54.0 Å². The minimum absolute atomic E-state index is 0. The second kappa shape index (κ2) is 29.5. The van der Waals surface area contributed by atoms with Crippen LogP contribution in [0.4, 0.5) is 0 Å².